The second-order valence-electron chi connectivity index (χ2n) is 3.45. The van der Waals surface area contributed by atoms with Crippen LogP contribution in [-0.2, 0) is 4.79 Å². The maximum atomic E-state index is 13.4. The molecule has 2 N–H and O–H groups in total. The summed E-state index contributed by atoms with van der Waals surface area (Å²) in [6.07, 6.45) is 3.81. The Balaban J connectivity index is 2.30. The van der Waals surface area contributed by atoms with E-state index in [4.69, 9.17) is 5.73 Å². The summed E-state index contributed by atoms with van der Waals surface area (Å²) in [5, 5.41) is 0. The Morgan fingerprint density at radius 1 is 1.67 bits per heavy atom. The van der Waals surface area contributed by atoms with Crippen LogP contribution in [0.1, 0.15) is 12.8 Å². The lowest BCUT2D eigenvalue weighted by atomic mass is 10.2. The third-order valence-corrected chi connectivity index (χ3v) is 2.50. The minimum absolute atomic E-state index is 0.159. The van der Waals surface area contributed by atoms with Crippen LogP contribution in [0.25, 0.3) is 0 Å². The molecule has 1 aromatic heterocycles. The van der Waals surface area contributed by atoms with E-state index in [1.807, 2.05) is 0 Å². The topological polar surface area (TPSA) is 72.1 Å². The highest BCUT2D eigenvalue weighted by Gasteiger charge is 2.31. The van der Waals surface area contributed by atoms with Crippen molar-refractivity contribution in [2.75, 3.05) is 11.4 Å². The number of nitrogens with two attached hydrogens (primary N) is 1. The molecule has 1 aliphatic rings. The van der Waals surface area contributed by atoms with Gasteiger partial charge in [-0.05, 0) is 12.8 Å². The number of primary amides is 1. The Labute approximate surface area is 86.1 Å². The molecule has 0 spiro atoms. The minimum Gasteiger partial charge on any atom is -0.368 e. The second-order valence-corrected chi connectivity index (χ2v) is 3.45. The summed E-state index contributed by atoms with van der Waals surface area (Å²) >= 11 is 0. The van der Waals surface area contributed by atoms with Crippen LogP contribution in [0, 0.1) is 5.82 Å². The van der Waals surface area contributed by atoms with E-state index < -0.39 is 17.8 Å². The van der Waals surface area contributed by atoms with Crippen molar-refractivity contribution in [3.63, 3.8) is 0 Å². The Morgan fingerprint density at radius 2 is 2.47 bits per heavy atom. The van der Waals surface area contributed by atoms with Crippen LogP contribution in [-0.4, -0.2) is 28.5 Å². The number of amides is 1. The van der Waals surface area contributed by atoms with Gasteiger partial charge in [0.1, 0.15) is 12.4 Å². The van der Waals surface area contributed by atoms with E-state index in [0.29, 0.717) is 13.0 Å². The fraction of sp³-hybridized carbons (Fsp3) is 0.444. The quantitative estimate of drug-likeness (QED) is 0.749. The summed E-state index contributed by atoms with van der Waals surface area (Å²) in [4.78, 5) is 20.1. The molecule has 1 amide bonds. The molecule has 1 saturated heterocycles. The minimum atomic E-state index is -0.523. The van der Waals surface area contributed by atoms with Gasteiger partial charge < -0.3 is 10.6 Å². The SMILES string of the molecule is NC(=O)C1CCCN1c1ncncc1F. The van der Waals surface area contributed by atoms with E-state index in [1.54, 1.807) is 4.90 Å². The summed E-state index contributed by atoms with van der Waals surface area (Å²) in [6.45, 7) is 0.599. The molecular weight excluding hydrogens is 199 g/mol. The Hall–Kier alpha value is -1.72. The van der Waals surface area contributed by atoms with Gasteiger partial charge in [-0.3, -0.25) is 4.79 Å². The van der Waals surface area contributed by atoms with Crippen molar-refractivity contribution in [3.8, 4) is 0 Å². The van der Waals surface area contributed by atoms with Crippen molar-refractivity contribution >= 4 is 11.7 Å². The molecule has 1 unspecified atom stereocenters. The molecule has 0 aliphatic carbocycles. The number of anilines is 1. The predicted octanol–water partition coefficient (Wildman–Crippen LogP) is 0.0698. The lowest BCUT2D eigenvalue weighted by molar-refractivity contribution is -0.119. The van der Waals surface area contributed by atoms with Crippen LogP contribution in [0.2, 0.25) is 0 Å². The highest BCUT2D eigenvalue weighted by atomic mass is 19.1. The third-order valence-electron chi connectivity index (χ3n) is 2.50. The van der Waals surface area contributed by atoms with E-state index in [9.17, 15) is 9.18 Å². The third kappa shape index (κ3) is 1.74. The number of hydrogen-bond acceptors (Lipinski definition) is 4. The van der Waals surface area contributed by atoms with Crippen LogP contribution in [0.4, 0.5) is 10.2 Å². The molecule has 0 bridgehead atoms. The van der Waals surface area contributed by atoms with Gasteiger partial charge in [0.15, 0.2) is 11.6 Å². The Morgan fingerprint density at radius 3 is 3.13 bits per heavy atom. The monoisotopic (exact) mass is 210 g/mol. The van der Waals surface area contributed by atoms with Crippen LogP contribution in [0.3, 0.4) is 0 Å². The molecule has 1 fully saturated rings. The van der Waals surface area contributed by atoms with Gasteiger partial charge in [0.2, 0.25) is 5.91 Å². The van der Waals surface area contributed by atoms with Gasteiger partial charge in [-0.1, -0.05) is 0 Å². The lowest BCUT2D eigenvalue weighted by Crippen LogP contribution is -2.41. The van der Waals surface area contributed by atoms with Gasteiger partial charge in [-0.25, -0.2) is 14.4 Å². The molecule has 2 heterocycles. The largest absolute Gasteiger partial charge is 0.368 e. The molecular formula is C9H11FN4O. The summed E-state index contributed by atoms with van der Waals surface area (Å²) in [5.74, 6) is -0.803. The number of halogens is 1. The maximum Gasteiger partial charge on any atom is 0.240 e. The fourth-order valence-corrected chi connectivity index (χ4v) is 1.83. The van der Waals surface area contributed by atoms with Gasteiger partial charge in [0.25, 0.3) is 0 Å². The second kappa shape index (κ2) is 3.80. The average molecular weight is 210 g/mol. The maximum absolute atomic E-state index is 13.4. The van der Waals surface area contributed by atoms with Gasteiger partial charge in [0.05, 0.1) is 6.20 Å². The Kier molecular flexibility index (Phi) is 2.49. The van der Waals surface area contributed by atoms with E-state index in [2.05, 4.69) is 9.97 Å². The van der Waals surface area contributed by atoms with Gasteiger partial charge >= 0.3 is 0 Å². The Bertz CT molecular complexity index is 384. The summed E-state index contributed by atoms with van der Waals surface area (Å²) in [7, 11) is 0. The molecule has 1 aliphatic heterocycles. The molecule has 2 rings (SSSR count). The molecule has 1 aromatic rings. The first-order valence-corrected chi connectivity index (χ1v) is 4.71. The number of nitrogens with zero attached hydrogens (tertiary/aromatic N) is 3. The first-order valence-electron chi connectivity index (χ1n) is 4.71. The van der Waals surface area contributed by atoms with Crippen molar-refractivity contribution in [3.05, 3.63) is 18.3 Å². The molecule has 0 aromatic carbocycles. The van der Waals surface area contributed by atoms with Crippen molar-refractivity contribution < 1.29 is 9.18 Å². The summed E-state index contributed by atoms with van der Waals surface area (Å²) < 4.78 is 13.4. The van der Waals surface area contributed by atoms with Crippen molar-refractivity contribution in [2.45, 2.75) is 18.9 Å². The number of carbonyl (C=O) groups excluding carboxylic acids is 1. The van der Waals surface area contributed by atoms with Crippen molar-refractivity contribution in [2.24, 2.45) is 5.73 Å². The van der Waals surface area contributed by atoms with Crippen LogP contribution in [0.5, 0.6) is 0 Å². The van der Waals surface area contributed by atoms with Crippen LogP contribution >= 0.6 is 0 Å². The summed E-state index contributed by atoms with van der Waals surface area (Å²) in [5.41, 5.74) is 5.23. The first-order chi connectivity index (χ1) is 7.20. The van der Waals surface area contributed by atoms with Crippen LogP contribution in [0.15, 0.2) is 12.5 Å². The summed E-state index contributed by atoms with van der Waals surface area (Å²) in [6, 6.07) is -0.450. The van der Waals surface area contributed by atoms with Crippen molar-refractivity contribution in [1.29, 1.82) is 0 Å². The standard InChI is InChI=1S/C9H11FN4O/c10-6-4-12-5-13-9(6)14-3-1-2-7(14)8(11)15/h4-5,7H,1-3H2,(H2,11,15). The van der Waals surface area contributed by atoms with E-state index in [-0.39, 0.29) is 5.82 Å². The molecule has 0 saturated carbocycles. The molecule has 6 heteroatoms. The molecule has 80 valence electrons. The zero-order valence-corrected chi connectivity index (χ0v) is 8.06. The highest BCUT2D eigenvalue weighted by molar-refractivity contribution is 5.83. The van der Waals surface area contributed by atoms with Crippen LogP contribution < -0.4 is 10.6 Å². The van der Waals surface area contributed by atoms with E-state index in [0.717, 1.165) is 12.6 Å². The van der Waals surface area contributed by atoms with Crippen molar-refractivity contribution in [1.82, 2.24) is 9.97 Å². The molecule has 0 radical (unpaired) electrons. The molecule has 5 nitrogen and oxygen atoms in total. The zero-order chi connectivity index (χ0) is 10.8. The molecule has 15 heavy (non-hydrogen) atoms. The van der Waals surface area contributed by atoms with Gasteiger partial charge in [-0.2, -0.15) is 0 Å². The predicted molar refractivity (Wildman–Crippen MR) is 51.6 cm³/mol. The lowest BCUT2D eigenvalue weighted by Gasteiger charge is -2.22. The van der Waals surface area contributed by atoms with E-state index in [1.165, 1.54) is 6.33 Å². The number of aromatic nitrogens is 2. The number of carbonyl (C=O) groups is 1. The number of hydrogen-bond donors (Lipinski definition) is 1. The highest BCUT2D eigenvalue weighted by Crippen LogP contribution is 2.24. The van der Waals surface area contributed by atoms with E-state index >= 15 is 0 Å². The van der Waals surface area contributed by atoms with Gasteiger partial charge in [0, 0.05) is 6.54 Å². The fourth-order valence-electron chi connectivity index (χ4n) is 1.83. The first kappa shape index (κ1) is 9.82. The molecule has 1 atom stereocenters. The van der Waals surface area contributed by atoms with Gasteiger partial charge in [-0.15, -0.1) is 0 Å². The zero-order valence-electron chi connectivity index (χ0n) is 8.06. The number of rotatable bonds is 2. The smallest absolute Gasteiger partial charge is 0.240 e. The average Bonchev–Trinajstić information content (AvgIpc) is 2.67. The normalized spacial score (nSPS) is 20.6.